The number of ether oxygens (including phenoxy) is 2. The molecule has 26 heavy (non-hydrogen) atoms. The quantitative estimate of drug-likeness (QED) is 0.666. The third-order valence-corrected chi connectivity index (χ3v) is 4.38. The Morgan fingerprint density at radius 1 is 1.19 bits per heavy atom. The SMILES string of the molecule is CNC(=O)CC1C(=O)N(C)C(=S)N1NC(=O)c1cc(OC)cc(OC)c1. The average Bonchev–Trinajstić information content (AvgIpc) is 2.85. The summed E-state index contributed by atoms with van der Waals surface area (Å²) < 4.78 is 10.3. The van der Waals surface area contributed by atoms with Gasteiger partial charge in [0, 0.05) is 25.7 Å². The van der Waals surface area contributed by atoms with Crippen LogP contribution in [0.1, 0.15) is 16.8 Å². The van der Waals surface area contributed by atoms with Crippen molar-refractivity contribution in [2.75, 3.05) is 28.3 Å². The van der Waals surface area contributed by atoms with Crippen LogP contribution in [0.4, 0.5) is 0 Å². The van der Waals surface area contributed by atoms with Gasteiger partial charge >= 0.3 is 0 Å². The second-order valence-electron chi connectivity index (χ2n) is 5.49. The maximum absolute atomic E-state index is 12.6. The monoisotopic (exact) mass is 380 g/mol. The summed E-state index contributed by atoms with van der Waals surface area (Å²) in [6.07, 6.45) is -0.137. The Balaban J connectivity index is 2.26. The zero-order valence-corrected chi connectivity index (χ0v) is 15.7. The number of nitrogens with one attached hydrogen (secondary N) is 2. The molecule has 0 aromatic heterocycles. The summed E-state index contributed by atoms with van der Waals surface area (Å²) in [5, 5.41) is 3.78. The Hall–Kier alpha value is -2.88. The molecule has 1 fully saturated rings. The zero-order valence-electron chi connectivity index (χ0n) is 14.9. The molecule has 1 heterocycles. The second-order valence-corrected chi connectivity index (χ2v) is 5.85. The fourth-order valence-corrected chi connectivity index (χ4v) is 2.68. The Morgan fingerprint density at radius 3 is 2.27 bits per heavy atom. The van der Waals surface area contributed by atoms with Crippen LogP contribution in [-0.4, -0.2) is 67.1 Å². The van der Waals surface area contributed by atoms with Gasteiger partial charge in [-0.05, 0) is 24.4 Å². The topological polar surface area (TPSA) is 100 Å². The summed E-state index contributed by atoms with van der Waals surface area (Å²) in [4.78, 5) is 37.9. The van der Waals surface area contributed by atoms with E-state index in [2.05, 4.69) is 10.7 Å². The van der Waals surface area contributed by atoms with E-state index in [-0.39, 0.29) is 28.9 Å². The van der Waals surface area contributed by atoms with Crippen molar-refractivity contribution in [3.8, 4) is 11.5 Å². The number of likely N-dealkylation sites (N-methyl/N-ethyl adjacent to an activating group) is 1. The third-order valence-electron chi connectivity index (χ3n) is 3.91. The number of rotatable bonds is 6. The molecule has 0 aliphatic carbocycles. The smallest absolute Gasteiger partial charge is 0.270 e. The predicted octanol–water partition coefficient (Wildman–Crippen LogP) is -0.0878. The van der Waals surface area contributed by atoms with Gasteiger partial charge in [-0.1, -0.05) is 0 Å². The highest BCUT2D eigenvalue weighted by Gasteiger charge is 2.42. The van der Waals surface area contributed by atoms with Crippen molar-refractivity contribution in [1.29, 1.82) is 0 Å². The Labute approximate surface area is 156 Å². The van der Waals surface area contributed by atoms with Gasteiger partial charge in [0.25, 0.3) is 11.8 Å². The second kappa shape index (κ2) is 8.00. The van der Waals surface area contributed by atoms with E-state index in [1.165, 1.54) is 50.4 Å². The van der Waals surface area contributed by atoms with Crippen molar-refractivity contribution in [2.24, 2.45) is 0 Å². The molecule has 0 spiro atoms. The van der Waals surface area contributed by atoms with E-state index < -0.39 is 11.9 Å². The van der Waals surface area contributed by atoms with Gasteiger partial charge in [-0.15, -0.1) is 0 Å². The Kier molecular flexibility index (Phi) is 5.98. The summed E-state index contributed by atoms with van der Waals surface area (Å²) in [5.41, 5.74) is 2.84. The first-order chi connectivity index (χ1) is 12.3. The van der Waals surface area contributed by atoms with Gasteiger partial charge in [0.05, 0.1) is 20.6 Å². The molecule has 1 aromatic carbocycles. The molecule has 1 atom stereocenters. The van der Waals surface area contributed by atoms with Crippen molar-refractivity contribution < 1.29 is 23.9 Å². The van der Waals surface area contributed by atoms with E-state index in [1.807, 2.05) is 0 Å². The van der Waals surface area contributed by atoms with Gasteiger partial charge in [0.2, 0.25) is 5.91 Å². The molecule has 1 unspecified atom stereocenters. The first kappa shape index (κ1) is 19.4. The first-order valence-corrected chi connectivity index (χ1v) is 8.08. The number of hydrogen-bond donors (Lipinski definition) is 2. The minimum absolute atomic E-state index is 0.104. The van der Waals surface area contributed by atoms with Crippen molar-refractivity contribution >= 4 is 35.1 Å². The normalized spacial score (nSPS) is 16.5. The number of amides is 3. The van der Waals surface area contributed by atoms with Gasteiger partial charge in [-0.2, -0.15) is 0 Å². The summed E-state index contributed by atoms with van der Waals surface area (Å²) in [6.45, 7) is 0. The highest BCUT2D eigenvalue weighted by molar-refractivity contribution is 7.80. The van der Waals surface area contributed by atoms with E-state index in [9.17, 15) is 14.4 Å². The molecule has 1 aromatic rings. The van der Waals surface area contributed by atoms with Crippen molar-refractivity contribution in [3.05, 3.63) is 23.8 Å². The van der Waals surface area contributed by atoms with Crippen LogP contribution in [0.25, 0.3) is 0 Å². The molecule has 1 saturated heterocycles. The highest BCUT2D eigenvalue weighted by Crippen LogP contribution is 2.23. The number of benzene rings is 1. The van der Waals surface area contributed by atoms with E-state index in [0.717, 1.165) is 0 Å². The van der Waals surface area contributed by atoms with Crippen molar-refractivity contribution in [2.45, 2.75) is 12.5 Å². The molecule has 10 heteroatoms. The lowest BCUT2D eigenvalue weighted by atomic mass is 10.2. The van der Waals surface area contributed by atoms with Gasteiger partial charge in [0.1, 0.15) is 17.5 Å². The summed E-state index contributed by atoms with van der Waals surface area (Å²) in [7, 11) is 5.90. The van der Waals surface area contributed by atoms with Crippen LogP contribution < -0.4 is 20.2 Å². The fourth-order valence-electron chi connectivity index (χ4n) is 2.42. The number of hydrogen-bond acceptors (Lipinski definition) is 6. The van der Waals surface area contributed by atoms with Gasteiger partial charge in [-0.3, -0.25) is 24.7 Å². The molecule has 2 N–H and O–H groups in total. The predicted molar refractivity (Wildman–Crippen MR) is 96.7 cm³/mol. The molecule has 1 aliphatic heterocycles. The van der Waals surface area contributed by atoms with Crippen LogP contribution in [0.15, 0.2) is 18.2 Å². The van der Waals surface area contributed by atoms with E-state index >= 15 is 0 Å². The standard InChI is InChI=1S/C16H20N4O5S/c1-17-13(21)8-12-15(23)19(2)16(26)20(12)18-14(22)9-5-10(24-3)7-11(6-9)25-4/h5-7,12H,8H2,1-4H3,(H,17,21)(H,18,22). The minimum atomic E-state index is -0.913. The highest BCUT2D eigenvalue weighted by atomic mass is 32.1. The summed E-state index contributed by atoms with van der Waals surface area (Å²) in [5.74, 6) is -0.359. The average molecular weight is 380 g/mol. The van der Waals surface area contributed by atoms with Crippen molar-refractivity contribution in [3.63, 3.8) is 0 Å². The lowest BCUT2D eigenvalue weighted by molar-refractivity contribution is -0.131. The van der Waals surface area contributed by atoms with Crippen LogP contribution >= 0.6 is 12.2 Å². The lowest BCUT2D eigenvalue weighted by Gasteiger charge is -2.24. The largest absolute Gasteiger partial charge is 0.497 e. The zero-order chi connectivity index (χ0) is 19.4. The number of methoxy groups -OCH3 is 2. The number of carbonyl (C=O) groups is 3. The van der Waals surface area contributed by atoms with Crippen LogP contribution in [0, 0.1) is 0 Å². The molecule has 9 nitrogen and oxygen atoms in total. The molecule has 1 aliphatic rings. The maximum Gasteiger partial charge on any atom is 0.270 e. The van der Waals surface area contributed by atoms with Gasteiger partial charge in [-0.25, -0.2) is 5.01 Å². The summed E-state index contributed by atoms with van der Waals surface area (Å²) in [6, 6.07) is 3.76. The molecular formula is C16H20N4O5S. The third kappa shape index (κ3) is 3.85. The van der Waals surface area contributed by atoms with E-state index in [4.69, 9.17) is 21.7 Å². The number of thiocarbonyl (C=S) groups is 1. The van der Waals surface area contributed by atoms with Crippen LogP contribution in [0.2, 0.25) is 0 Å². The van der Waals surface area contributed by atoms with Gasteiger partial charge < -0.3 is 14.8 Å². The van der Waals surface area contributed by atoms with E-state index in [1.54, 1.807) is 6.07 Å². The van der Waals surface area contributed by atoms with Gasteiger partial charge in [0.15, 0.2) is 5.11 Å². The summed E-state index contributed by atoms with van der Waals surface area (Å²) >= 11 is 5.21. The molecule has 3 amide bonds. The van der Waals surface area contributed by atoms with Crippen molar-refractivity contribution in [1.82, 2.24) is 20.7 Å². The molecule has 0 saturated carbocycles. The maximum atomic E-state index is 12.6. The number of hydrazine groups is 1. The molecule has 0 radical (unpaired) electrons. The molecule has 140 valence electrons. The number of nitrogens with zero attached hydrogens (tertiary/aromatic N) is 2. The fraction of sp³-hybridized carbons (Fsp3) is 0.375. The molecule has 2 rings (SSSR count). The Bertz CT molecular complexity index is 732. The number of carbonyl (C=O) groups excluding carboxylic acids is 3. The van der Waals surface area contributed by atoms with Crippen LogP contribution in [0.3, 0.4) is 0 Å². The molecular weight excluding hydrogens is 360 g/mol. The first-order valence-electron chi connectivity index (χ1n) is 7.67. The van der Waals surface area contributed by atoms with Crippen LogP contribution in [-0.2, 0) is 9.59 Å². The van der Waals surface area contributed by atoms with E-state index in [0.29, 0.717) is 11.5 Å². The lowest BCUT2D eigenvalue weighted by Crippen LogP contribution is -2.50. The Morgan fingerprint density at radius 2 is 1.77 bits per heavy atom. The minimum Gasteiger partial charge on any atom is -0.497 e. The molecule has 0 bridgehead atoms. The van der Waals surface area contributed by atoms with Crippen LogP contribution in [0.5, 0.6) is 11.5 Å².